The molecule has 1 unspecified atom stereocenters. The highest BCUT2D eigenvalue weighted by Crippen LogP contribution is 2.20. The van der Waals surface area contributed by atoms with Crippen molar-refractivity contribution in [3.63, 3.8) is 0 Å². The Morgan fingerprint density at radius 1 is 1.50 bits per heavy atom. The van der Waals surface area contributed by atoms with Gasteiger partial charge < -0.3 is 16.0 Å². The highest BCUT2D eigenvalue weighted by atomic mass is 16.2. The van der Waals surface area contributed by atoms with Crippen LogP contribution in [-0.2, 0) is 9.59 Å². The molecule has 0 aliphatic carbocycles. The standard InChI is InChI=1S/C10H15N5O3/c1-5(2)10(8(17)14-9(18)15-10)4-13-7(16)6(12)3-11/h3,5,11-12H,4H2,1-2H3,(H,13,16)(H2,14,15,17,18). The lowest BCUT2D eigenvalue weighted by molar-refractivity contribution is -0.125. The van der Waals surface area contributed by atoms with E-state index in [9.17, 15) is 14.4 Å². The lowest BCUT2D eigenvalue weighted by Gasteiger charge is -2.30. The van der Waals surface area contributed by atoms with Gasteiger partial charge in [0.2, 0.25) is 0 Å². The summed E-state index contributed by atoms with van der Waals surface area (Å²) in [6, 6.07) is -0.606. The second-order valence-electron chi connectivity index (χ2n) is 4.27. The van der Waals surface area contributed by atoms with E-state index in [4.69, 9.17) is 10.8 Å². The quantitative estimate of drug-likeness (QED) is 0.318. The molecule has 0 saturated carbocycles. The molecule has 0 radical (unpaired) electrons. The van der Waals surface area contributed by atoms with Crippen molar-refractivity contribution in [1.82, 2.24) is 16.0 Å². The van der Waals surface area contributed by atoms with E-state index in [1.54, 1.807) is 13.8 Å². The second-order valence-corrected chi connectivity index (χ2v) is 4.27. The number of rotatable bonds is 5. The smallest absolute Gasteiger partial charge is 0.322 e. The van der Waals surface area contributed by atoms with Crippen LogP contribution in [0.15, 0.2) is 0 Å². The van der Waals surface area contributed by atoms with E-state index in [0.717, 1.165) is 0 Å². The fourth-order valence-corrected chi connectivity index (χ4v) is 1.62. The molecule has 0 aromatic heterocycles. The molecule has 8 nitrogen and oxygen atoms in total. The van der Waals surface area contributed by atoms with E-state index in [-0.39, 0.29) is 12.5 Å². The van der Waals surface area contributed by atoms with Crippen molar-refractivity contribution >= 4 is 29.8 Å². The number of hydrogen-bond donors (Lipinski definition) is 5. The van der Waals surface area contributed by atoms with Crippen LogP contribution in [0.3, 0.4) is 0 Å². The molecule has 1 saturated heterocycles. The maximum Gasteiger partial charge on any atom is 0.322 e. The summed E-state index contributed by atoms with van der Waals surface area (Å²) in [7, 11) is 0. The summed E-state index contributed by atoms with van der Waals surface area (Å²) >= 11 is 0. The minimum absolute atomic E-state index is 0.128. The topological polar surface area (TPSA) is 135 Å². The summed E-state index contributed by atoms with van der Waals surface area (Å²) in [5.41, 5.74) is -1.73. The van der Waals surface area contributed by atoms with Gasteiger partial charge in [-0.15, -0.1) is 0 Å². The average molecular weight is 253 g/mol. The average Bonchev–Trinajstić information content (AvgIpc) is 2.60. The number of amides is 4. The Morgan fingerprint density at radius 2 is 2.11 bits per heavy atom. The Kier molecular flexibility index (Phi) is 3.79. The lowest BCUT2D eigenvalue weighted by atomic mass is 9.86. The Morgan fingerprint density at radius 3 is 2.50 bits per heavy atom. The largest absolute Gasteiger partial charge is 0.348 e. The zero-order chi connectivity index (χ0) is 13.9. The van der Waals surface area contributed by atoms with Gasteiger partial charge in [0, 0.05) is 6.21 Å². The fourth-order valence-electron chi connectivity index (χ4n) is 1.62. The van der Waals surface area contributed by atoms with Crippen LogP contribution in [-0.4, -0.2) is 41.9 Å². The predicted molar refractivity (Wildman–Crippen MR) is 63.8 cm³/mol. The van der Waals surface area contributed by atoms with Gasteiger partial charge in [-0.3, -0.25) is 20.3 Å². The van der Waals surface area contributed by atoms with Crippen molar-refractivity contribution < 1.29 is 14.4 Å². The number of carbonyl (C=O) groups is 3. The molecule has 1 aliphatic rings. The zero-order valence-electron chi connectivity index (χ0n) is 10.1. The minimum Gasteiger partial charge on any atom is -0.348 e. The Balaban J connectivity index is 2.80. The first-order chi connectivity index (χ1) is 8.33. The first-order valence-corrected chi connectivity index (χ1v) is 5.34. The maximum absolute atomic E-state index is 11.8. The molecule has 1 atom stereocenters. The minimum atomic E-state index is -1.21. The first-order valence-electron chi connectivity index (χ1n) is 5.34. The monoisotopic (exact) mass is 253 g/mol. The third-order valence-electron chi connectivity index (χ3n) is 2.87. The van der Waals surface area contributed by atoms with Crippen molar-refractivity contribution in [2.45, 2.75) is 19.4 Å². The molecule has 0 bridgehead atoms. The molecule has 1 fully saturated rings. The number of urea groups is 1. The van der Waals surface area contributed by atoms with Gasteiger partial charge in [-0.25, -0.2) is 4.79 Å². The summed E-state index contributed by atoms with van der Waals surface area (Å²) < 4.78 is 0. The van der Waals surface area contributed by atoms with Gasteiger partial charge in [-0.05, 0) is 5.92 Å². The van der Waals surface area contributed by atoms with Crippen LogP contribution in [0.2, 0.25) is 0 Å². The third-order valence-corrected chi connectivity index (χ3v) is 2.87. The molecule has 0 aromatic rings. The van der Waals surface area contributed by atoms with Crippen LogP contribution in [0.1, 0.15) is 13.8 Å². The molecule has 1 heterocycles. The van der Waals surface area contributed by atoms with Crippen molar-refractivity contribution in [3.05, 3.63) is 0 Å². The SMILES string of the molecule is CC(C)C1(CNC(=O)C(=N)C=N)NC(=O)NC1=O. The van der Waals surface area contributed by atoms with E-state index < -0.39 is 29.1 Å². The van der Waals surface area contributed by atoms with Gasteiger partial charge in [0.25, 0.3) is 11.8 Å². The van der Waals surface area contributed by atoms with Gasteiger partial charge in [0.1, 0.15) is 11.3 Å². The molecule has 8 heteroatoms. The summed E-state index contributed by atoms with van der Waals surface area (Å²) in [6.45, 7) is 3.34. The van der Waals surface area contributed by atoms with Crippen molar-refractivity contribution in [2.24, 2.45) is 5.92 Å². The maximum atomic E-state index is 11.8. The molecule has 18 heavy (non-hydrogen) atoms. The summed E-state index contributed by atoms with van der Waals surface area (Å²) in [5, 5.41) is 20.9. The second kappa shape index (κ2) is 4.94. The van der Waals surface area contributed by atoms with Crippen LogP contribution in [0.4, 0.5) is 4.79 Å². The van der Waals surface area contributed by atoms with Crippen LogP contribution < -0.4 is 16.0 Å². The molecule has 5 N–H and O–H groups in total. The zero-order valence-corrected chi connectivity index (χ0v) is 10.1. The lowest BCUT2D eigenvalue weighted by Crippen LogP contribution is -2.59. The van der Waals surface area contributed by atoms with Gasteiger partial charge >= 0.3 is 6.03 Å². The van der Waals surface area contributed by atoms with E-state index in [1.807, 2.05) is 0 Å². The molecular weight excluding hydrogens is 238 g/mol. The van der Waals surface area contributed by atoms with Crippen molar-refractivity contribution in [3.8, 4) is 0 Å². The number of carbonyl (C=O) groups excluding carboxylic acids is 3. The highest BCUT2D eigenvalue weighted by Gasteiger charge is 2.48. The molecule has 0 spiro atoms. The molecular formula is C10H15N5O3. The predicted octanol–water partition coefficient (Wildman–Crippen LogP) is -0.994. The third kappa shape index (κ3) is 2.36. The van der Waals surface area contributed by atoms with Crippen LogP contribution in [0, 0.1) is 16.7 Å². The van der Waals surface area contributed by atoms with Crippen LogP contribution in [0.25, 0.3) is 0 Å². The number of imide groups is 1. The highest BCUT2D eigenvalue weighted by molar-refractivity contribution is 6.59. The molecule has 0 aromatic carbocycles. The normalized spacial score (nSPS) is 22.4. The molecule has 1 aliphatic heterocycles. The summed E-state index contributed by atoms with van der Waals surface area (Å²) in [5.74, 6) is -1.51. The Bertz CT molecular complexity index is 431. The van der Waals surface area contributed by atoms with Crippen molar-refractivity contribution in [1.29, 1.82) is 10.8 Å². The van der Waals surface area contributed by atoms with E-state index >= 15 is 0 Å². The number of nitrogens with one attached hydrogen (secondary N) is 5. The summed E-state index contributed by atoms with van der Waals surface area (Å²) in [6.07, 6.45) is 0.602. The van der Waals surface area contributed by atoms with Gasteiger partial charge in [0.15, 0.2) is 0 Å². The molecule has 1 rings (SSSR count). The van der Waals surface area contributed by atoms with Crippen LogP contribution >= 0.6 is 0 Å². The summed E-state index contributed by atoms with van der Waals surface area (Å²) in [4.78, 5) is 34.3. The van der Waals surface area contributed by atoms with Crippen molar-refractivity contribution in [2.75, 3.05) is 6.54 Å². The van der Waals surface area contributed by atoms with Gasteiger partial charge in [-0.2, -0.15) is 0 Å². The van der Waals surface area contributed by atoms with E-state index in [1.165, 1.54) is 0 Å². The molecule has 98 valence electrons. The van der Waals surface area contributed by atoms with E-state index in [0.29, 0.717) is 6.21 Å². The number of hydrogen-bond acceptors (Lipinski definition) is 5. The Hall–Kier alpha value is -2.25. The van der Waals surface area contributed by atoms with Gasteiger partial charge in [0.05, 0.1) is 6.54 Å². The van der Waals surface area contributed by atoms with E-state index in [2.05, 4.69) is 16.0 Å². The van der Waals surface area contributed by atoms with Crippen LogP contribution in [0.5, 0.6) is 0 Å². The fraction of sp³-hybridized carbons (Fsp3) is 0.500. The molecule has 4 amide bonds. The van der Waals surface area contributed by atoms with Gasteiger partial charge in [-0.1, -0.05) is 13.8 Å². The first kappa shape index (κ1) is 13.8. The Labute approximate surface area is 104 Å².